The molecule has 0 aliphatic carbocycles. The first-order valence-electron chi connectivity index (χ1n) is 8.36. The SMILES string of the molecule is CCO[Si](CCCNC(=O)CCCC(C)O)(OCC)OCC. The Labute approximate surface area is 135 Å². The fourth-order valence-corrected chi connectivity index (χ4v) is 4.79. The van der Waals surface area contributed by atoms with Crippen LogP contribution in [0.15, 0.2) is 0 Å². The van der Waals surface area contributed by atoms with Crippen LogP contribution in [0.25, 0.3) is 0 Å². The summed E-state index contributed by atoms with van der Waals surface area (Å²) in [6.07, 6.45) is 2.24. The van der Waals surface area contributed by atoms with Crippen LogP contribution in [0.4, 0.5) is 0 Å². The van der Waals surface area contributed by atoms with Gasteiger partial charge in [-0.15, -0.1) is 0 Å². The van der Waals surface area contributed by atoms with E-state index >= 15 is 0 Å². The number of rotatable bonds is 14. The van der Waals surface area contributed by atoms with E-state index < -0.39 is 8.80 Å². The van der Waals surface area contributed by atoms with Crippen molar-refractivity contribution in [1.82, 2.24) is 5.32 Å². The lowest BCUT2D eigenvalue weighted by atomic mass is 10.1. The molecule has 132 valence electrons. The number of carbonyl (C=O) groups excluding carboxylic acids is 1. The molecular weight excluding hydrogens is 302 g/mol. The van der Waals surface area contributed by atoms with Crippen molar-refractivity contribution in [2.24, 2.45) is 0 Å². The molecule has 7 heteroatoms. The molecule has 0 aliphatic rings. The molecule has 2 N–H and O–H groups in total. The Hall–Kier alpha value is -0.473. The zero-order chi connectivity index (χ0) is 16.8. The number of aliphatic hydroxyl groups is 1. The van der Waals surface area contributed by atoms with Gasteiger partial charge in [-0.1, -0.05) is 0 Å². The Kier molecular flexibility index (Phi) is 12.7. The van der Waals surface area contributed by atoms with E-state index in [1.807, 2.05) is 20.8 Å². The maximum absolute atomic E-state index is 11.7. The molecule has 0 heterocycles. The molecule has 0 rings (SSSR count). The third-order valence-corrected chi connectivity index (χ3v) is 6.25. The summed E-state index contributed by atoms with van der Waals surface area (Å²) in [6, 6.07) is 0.705. The third-order valence-electron chi connectivity index (χ3n) is 3.10. The molecule has 1 amide bonds. The van der Waals surface area contributed by atoms with Crippen LogP contribution in [0.1, 0.15) is 53.4 Å². The molecule has 0 saturated heterocycles. The van der Waals surface area contributed by atoms with Gasteiger partial charge in [0.1, 0.15) is 0 Å². The maximum Gasteiger partial charge on any atom is 0.500 e. The van der Waals surface area contributed by atoms with Crippen LogP contribution in [0, 0.1) is 0 Å². The predicted molar refractivity (Wildman–Crippen MR) is 88.6 cm³/mol. The second-order valence-electron chi connectivity index (χ2n) is 5.18. The van der Waals surface area contributed by atoms with Gasteiger partial charge in [-0.25, -0.2) is 0 Å². The number of amides is 1. The molecule has 0 aromatic carbocycles. The van der Waals surface area contributed by atoms with E-state index in [0.717, 1.165) is 6.42 Å². The van der Waals surface area contributed by atoms with E-state index in [9.17, 15) is 4.79 Å². The summed E-state index contributed by atoms with van der Waals surface area (Å²) < 4.78 is 17.3. The molecule has 0 radical (unpaired) electrons. The highest BCUT2D eigenvalue weighted by molar-refractivity contribution is 6.60. The number of hydrogen-bond donors (Lipinski definition) is 2. The molecule has 1 atom stereocenters. The van der Waals surface area contributed by atoms with E-state index in [-0.39, 0.29) is 12.0 Å². The lowest BCUT2D eigenvalue weighted by Gasteiger charge is -2.28. The molecule has 22 heavy (non-hydrogen) atoms. The zero-order valence-electron chi connectivity index (χ0n) is 14.5. The summed E-state index contributed by atoms with van der Waals surface area (Å²) in [4.78, 5) is 11.7. The summed E-state index contributed by atoms with van der Waals surface area (Å²) in [5.41, 5.74) is 0. The van der Waals surface area contributed by atoms with Crippen molar-refractivity contribution in [3.63, 3.8) is 0 Å². The topological polar surface area (TPSA) is 77.0 Å². The number of hydrogen-bond acceptors (Lipinski definition) is 5. The summed E-state index contributed by atoms with van der Waals surface area (Å²) in [6.45, 7) is 9.83. The zero-order valence-corrected chi connectivity index (χ0v) is 15.5. The van der Waals surface area contributed by atoms with Crippen molar-refractivity contribution in [3.05, 3.63) is 0 Å². The smallest absolute Gasteiger partial charge is 0.393 e. The first-order valence-corrected chi connectivity index (χ1v) is 10.3. The van der Waals surface area contributed by atoms with Crippen LogP contribution in [-0.2, 0) is 18.1 Å². The molecule has 0 aliphatic heterocycles. The minimum absolute atomic E-state index is 0.0251. The van der Waals surface area contributed by atoms with Crippen molar-refractivity contribution in [1.29, 1.82) is 0 Å². The quantitative estimate of drug-likeness (QED) is 0.375. The Morgan fingerprint density at radius 3 is 2.09 bits per heavy atom. The van der Waals surface area contributed by atoms with E-state index in [1.165, 1.54) is 0 Å². The second kappa shape index (κ2) is 13.0. The summed E-state index contributed by atoms with van der Waals surface area (Å²) >= 11 is 0. The normalized spacial score (nSPS) is 13.1. The summed E-state index contributed by atoms with van der Waals surface area (Å²) in [5, 5.41) is 12.0. The van der Waals surface area contributed by atoms with Crippen molar-refractivity contribution in [2.75, 3.05) is 26.4 Å². The van der Waals surface area contributed by atoms with Crippen molar-refractivity contribution in [2.45, 2.75) is 65.5 Å². The van der Waals surface area contributed by atoms with Gasteiger partial charge in [-0.05, 0) is 47.0 Å². The largest absolute Gasteiger partial charge is 0.500 e. The van der Waals surface area contributed by atoms with Crippen LogP contribution in [0.5, 0.6) is 0 Å². The second-order valence-corrected chi connectivity index (χ2v) is 7.91. The van der Waals surface area contributed by atoms with Gasteiger partial charge >= 0.3 is 8.80 Å². The third kappa shape index (κ3) is 10.3. The first-order chi connectivity index (χ1) is 10.5. The van der Waals surface area contributed by atoms with E-state index in [1.54, 1.807) is 6.92 Å². The highest BCUT2D eigenvalue weighted by Gasteiger charge is 2.39. The fraction of sp³-hybridized carbons (Fsp3) is 0.933. The predicted octanol–water partition coefficient (Wildman–Crippen LogP) is 2.09. The van der Waals surface area contributed by atoms with Crippen LogP contribution in [-0.4, -0.2) is 52.3 Å². The highest BCUT2D eigenvalue weighted by atomic mass is 28.4. The lowest BCUT2D eigenvalue weighted by Crippen LogP contribution is -2.46. The van der Waals surface area contributed by atoms with Crippen molar-refractivity contribution in [3.8, 4) is 0 Å². The summed E-state index contributed by atoms with van der Waals surface area (Å²) in [7, 11) is -2.59. The average molecular weight is 336 g/mol. The standard InChI is InChI=1S/C15H33NO5Si/c1-5-19-22(20-6-2,21-7-3)13-9-12-16-15(18)11-8-10-14(4)17/h14,17H,5-13H2,1-4H3,(H,16,18). The van der Waals surface area contributed by atoms with Gasteiger partial charge in [0.25, 0.3) is 0 Å². The van der Waals surface area contributed by atoms with E-state index in [2.05, 4.69) is 5.32 Å². The Bertz CT molecular complexity index is 272. The Morgan fingerprint density at radius 1 is 1.09 bits per heavy atom. The monoisotopic (exact) mass is 335 g/mol. The molecule has 0 saturated carbocycles. The van der Waals surface area contributed by atoms with Gasteiger partial charge in [-0.3, -0.25) is 4.79 Å². The van der Waals surface area contributed by atoms with Gasteiger partial charge in [0.2, 0.25) is 5.91 Å². The van der Waals surface area contributed by atoms with Gasteiger partial charge < -0.3 is 23.7 Å². The minimum atomic E-state index is -2.59. The van der Waals surface area contributed by atoms with E-state index in [0.29, 0.717) is 51.7 Å². The number of nitrogens with one attached hydrogen (secondary N) is 1. The molecule has 0 bridgehead atoms. The summed E-state index contributed by atoms with van der Waals surface area (Å²) in [5.74, 6) is 0.0251. The average Bonchev–Trinajstić information content (AvgIpc) is 2.44. The lowest BCUT2D eigenvalue weighted by molar-refractivity contribution is -0.121. The molecule has 0 fully saturated rings. The van der Waals surface area contributed by atoms with Gasteiger partial charge in [0.15, 0.2) is 0 Å². The minimum Gasteiger partial charge on any atom is -0.393 e. The number of carbonyl (C=O) groups is 1. The van der Waals surface area contributed by atoms with Crippen LogP contribution >= 0.6 is 0 Å². The molecule has 1 unspecified atom stereocenters. The highest BCUT2D eigenvalue weighted by Crippen LogP contribution is 2.17. The van der Waals surface area contributed by atoms with Gasteiger partial charge in [-0.2, -0.15) is 0 Å². The molecule has 0 aromatic rings. The van der Waals surface area contributed by atoms with Crippen LogP contribution < -0.4 is 5.32 Å². The molecule has 0 aromatic heterocycles. The number of aliphatic hydroxyl groups excluding tert-OH is 1. The molecule has 0 spiro atoms. The van der Waals surface area contributed by atoms with E-state index in [4.69, 9.17) is 18.4 Å². The van der Waals surface area contributed by atoms with Crippen molar-refractivity contribution < 1.29 is 23.2 Å². The maximum atomic E-state index is 11.7. The molecule has 6 nitrogen and oxygen atoms in total. The van der Waals surface area contributed by atoms with Crippen molar-refractivity contribution >= 4 is 14.7 Å². The van der Waals surface area contributed by atoms with Gasteiger partial charge in [0.05, 0.1) is 6.10 Å². The van der Waals surface area contributed by atoms with Gasteiger partial charge in [0, 0.05) is 38.8 Å². The Balaban J connectivity index is 4.03. The first kappa shape index (κ1) is 21.5. The Morgan fingerprint density at radius 2 is 1.64 bits per heavy atom. The fourth-order valence-electron chi connectivity index (χ4n) is 2.18. The van der Waals surface area contributed by atoms with Crippen LogP contribution in [0.3, 0.4) is 0 Å². The molecular formula is C15H33NO5Si. The van der Waals surface area contributed by atoms with Crippen LogP contribution in [0.2, 0.25) is 6.04 Å².